The molecule has 0 aliphatic rings. The van der Waals surface area contributed by atoms with Crippen LogP contribution in [0.5, 0.6) is 17.2 Å². The Balaban J connectivity index is 1.70. The number of amides is 1. The molecule has 3 rings (SSSR count). The minimum Gasteiger partial charge on any atom is -0.493 e. The van der Waals surface area contributed by atoms with E-state index in [1.807, 2.05) is 6.07 Å². The van der Waals surface area contributed by atoms with Crippen molar-refractivity contribution in [2.75, 3.05) is 32.4 Å². The molecule has 1 amide bonds. The van der Waals surface area contributed by atoms with E-state index in [9.17, 15) is 4.79 Å². The summed E-state index contributed by atoms with van der Waals surface area (Å²) in [7, 11) is 4.54. The number of nitrogens with zero attached hydrogens (tertiary/aromatic N) is 3. The van der Waals surface area contributed by atoms with Gasteiger partial charge in [-0.05, 0) is 24.3 Å². The number of methoxy groups -OCH3 is 3. The number of anilines is 1. The summed E-state index contributed by atoms with van der Waals surface area (Å²) in [6.07, 6.45) is 0. The molecular formula is C20H18N4O5S. The van der Waals surface area contributed by atoms with Crippen molar-refractivity contribution in [3.63, 3.8) is 0 Å². The Morgan fingerprint density at radius 2 is 1.83 bits per heavy atom. The third kappa shape index (κ3) is 4.64. The molecule has 0 radical (unpaired) electrons. The molecule has 0 fully saturated rings. The third-order valence-electron chi connectivity index (χ3n) is 3.97. The Morgan fingerprint density at radius 1 is 1.13 bits per heavy atom. The number of benzene rings is 2. The van der Waals surface area contributed by atoms with Crippen LogP contribution in [-0.4, -0.2) is 43.2 Å². The lowest BCUT2D eigenvalue weighted by atomic mass is 10.2. The van der Waals surface area contributed by atoms with Crippen molar-refractivity contribution in [3.8, 4) is 34.8 Å². The average Bonchev–Trinajstić information content (AvgIpc) is 3.26. The number of nitrogens with one attached hydrogen (secondary N) is 1. The largest absolute Gasteiger partial charge is 0.493 e. The van der Waals surface area contributed by atoms with E-state index in [1.54, 1.807) is 36.4 Å². The lowest BCUT2D eigenvalue weighted by molar-refractivity contribution is -0.113. The van der Waals surface area contributed by atoms with Crippen LogP contribution in [0.3, 0.4) is 0 Å². The first-order chi connectivity index (χ1) is 14.6. The summed E-state index contributed by atoms with van der Waals surface area (Å²) in [5, 5.41) is 20.0. The van der Waals surface area contributed by atoms with Crippen molar-refractivity contribution in [3.05, 3.63) is 42.0 Å². The van der Waals surface area contributed by atoms with Crippen LogP contribution in [0.4, 0.5) is 5.69 Å². The second-order valence-electron chi connectivity index (χ2n) is 5.78. The van der Waals surface area contributed by atoms with Gasteiger partial charge in [0.15, 0.2) is 11.5 Å². The summed E-state index contributed by atoms with van der Waals surface area (Å²) in [5.74, 6) is 1.34. The van der Waals surface area contributed by atoms with Gasteiger partial charge in [0.2, 0.25) is 17.5 Å². The van der Waals surface area contributed by atoms with E-state index >= 15 is 0 Å². The summed E-state index contributed by atoms with van der Waals surface area (Å²) in [6, 6.07) is 12.2. The van der Waals surface area contributed by atoms with Crippen molar-refractivity contribution in [2.45, 2.75) is 5.22 Å². The van der Waals surface area contributed by atoms with Crippen LogP contribution >= 0.6 is 11.8 Å². The highest BCUT2D eigenvalue weighted by atomic mass is 32.2. The van der Waals surface area contributed by atoms with Crippen LogP contribution < -0.4 is 19.5 Å². The third-order valence-corrected chi connectivity index (χ3v) is 4.78. The zero-order valence-corrected chi connectivity index (χ0v) is 17.3. The first kappa shape index (κ1) is 21.0. The van der Waals surface area contributed by atoms with Gasteiger partial charge in [0.05, 0.1) is 38.3 Å². The van der Waals surface area contributed by atoms with Gasteiger partial charge in [0, 0.05) is 5.56 Å². The van der Waals surface area contributed by atoms with Gasteiger partial charge in [0.25, 0.3) is 5.22 Å². The Bertz CT molecular complexity index is 1070. The Hall–Kier alpha value is -3.71. The molecule has 30 heavy (non-hydrogen) atoms. The molecule has 0 bridgehead atoms. The molecule has 10 heteroatoms. The number of carbonyl (C=O) groups excluding carboxylic acids is 1. The molecule has 0 atom stereocenters. The fourth-order valence-corrected chi connectivity index (χ4v) is 3.16. The second kappa shape index (κ2) is 9.67. The van der Waals surface area contributed by atoms with Gasteiger partial charge in [-0.2, -0.15) is 5.26 Å². The number of ether oxygens (including phenoxy) is 3. The molecule has 1 aromatic heterocycles. The van der Waals surface area contributed by atoms with E-state index in [-0.39, 0.29) is 22.8 Å². The van der Waals surface area contributed by atoms with Gasteiger partial charge in [-0.1, -0.05) is 23.9 Å². The standard InChI is InChI=1S/C20H18N4O5S/c1-26-15-8-13(9-16(27-2)18(15)28-3)19-23-24-20(29-19)30-11-17(25)22-14-7-5-4-6-12(14)10-21/h4-9H,11H2,1-3H3,(H,22,25). The van der Waals surface area contributed by atoms with Crippen molar-refractivity contribution in [1.29, 1.82) is 5.26 Å². The molecule has 9 nitrogen and oxygen atoms in total. The topological polar surface area (TPSA) is 120 Å². The number of nitriles is 1. The maximum Gasteiger partial charge on any atom is 0.277 e. The fourth-order valence-electron chi connectivity index (χ4n) is 2.59. The molecule has 0 aliphatic heterocycles. The number of thioether (sulfide) groups is 1. The first-order valence-electron chi connectivity index (χ1n) is 8.65. The lowest BCUT2D eigenvalue weighted by Gasteiger charge is -2.12. The smallest absolute Gasteiger partial charge is 0.277 e. The quantitative estimate of drug-likeness (QED) is 0.541. The summed E-state index contributed by atoms with van der Waals surface area (Å²) >= 11 is 1.08. The Kier molecular flexibility index (Phi) is 6.77. The molecule has 2 aromatic carbocycles. The molecule has 3 aromatic rings. The molecule has 0 spiro atoms. The van der Waals surface area contributed by atoms with Crippen LogP contribution in [0, 0.1) is 11.3 Å². The summed E-state index contributed by atoms with van der Waals surface area (Å²) in [6.45, 7) is 0. The van der Waals surface area contributed by atoms with Crippen LogP contribution in [0.25, 0.3) is 11.5 Å². The maximum atomic E-state index is 12.2. The minimum absolute atomic E-state index is 0.0383. The molecule has 1 N–H and O–H groups in total. The highest BCUT2D eigenvalue weighted by Gasteiger charge is 2.18. The maximum absolute atomic E-state index is 12.2. The monoisotopic (exact) mass is 426 g/mol. The van der Waals surface area contributed by atoms with E-state index in [2.05, 4.69) is 15.5 Å². The van der Waals surface area contributed by atoms with E-state index in [0.717, 1.165) is 11.8 Å². The van der Waals surface area contributed by atoms with Crippen LogP contribution in [0.15, 0.2) is 46.0 Å². The van der Waals surface area contributed by atoms with Gasteiger partial charge in [-0.15, -0.1) is 10.2 Å². The normalized spacial score (nSPS) is 10.2. The Labute approximate surface area is 177 Å². The van der Waals surface area contributed by atoms with E-state index in [1.165, 1.54) is 21.3 Å². The van der Waals surface area contributed by atoms with E-state index in [0.29, 0.717) is 34.1 Å². The van der Waals surface area contributed by atoms with Gasteiger partial charge in [-0.25, -0.2) is 0 Å². The first-order valence-corrected chi connectivity index (χ1v) is 9.63. The van der Waals surface area contributed by atoms with Crippen LogP contribution in [0.1, 0.15) is 5.56 Å². The van der Waals surface area contributed by atoms with Gasteiger partial charge in [-0.3, -0.25) is 4.79 Å². The molecule has 0 unspecified atom stereocenters. The number of carbonyl (C=O) groups is 1. The van der Waals surface area contributed by atoms with Gasteiger partial charge < -0.3 is 23.9 Å². The molecule has 0 aliphatic carbocycles. The predicted octanol–water partition coefficient (Wildman–Crippen LogP) is 3.36. The molecule has 0 saturated carbocycles. The number of hydrogen-bond acceptors (Lipinski definition) is 9. The lowest BCUT2D eigenvalue weighted by Crippen LogP contribution is -2.14. The van der Waals surface area contributed by atoms with Gasteiger partial charge in [0.1, 0.15) is 6.07 Å². The van der Waals surface area contributed by atoms with Crippen LogP contribution in [-0.2, 0) is 4.79 Å². The number of aromatic nitrogens is 2. The molecule has 154 valence electrons. The van der Waals surface area contributed by atoms with Crippen molar-refractivity contribution >= 4 is 23.4 Å². The second-order valence-corrected chi connectivity index (χ2v) is 6.71. The zero-order chi connectivity index (χ0) is 21.5. The number of hydrogen-bond donors (Lipinski definition) is 1. The van der Waals surface area contributed by atoms with E-state index < -0.39 is 0 Å². The van der Waals surface area contributed by atoms with E-state index in [4.69, 9.17) is 23.9 Å². The summed E-state index contributed by atoms with van der Waals surface area (Å²) in [5.41, 5.74) is 1.42. The summed E-state index contributed by atoms with van der Waals surface area (Å²) < 4.78 is 21.6. The molecular weight excluding hydrogens is 408 g/mol. The van der Waals surface area contributed by atoms with Crippen molar-refractivity contribution < 1.29 is 23.4 Å². The minimum atomic E-state index is -0.296. The molecule has 0 saturated heterocycles. The fraction of sp³-hybridized carbons (Fsp3) is 0.200. The molecule has 1 heterocycles. The highest BCUT2D eigenvalue weighted by Crippen LogP contribution is 2.41. The van der Waals surface area contributed by atoms with Crippen molar-refractivity contribution in [2.24, 2.45) is 0 Å². The van der Waals surface area contributed by atoms with Crippen LogP contribution in [0.2, 0.25) is 0 Å². The number of para-hydroxylation sites is 1. The highest BCUT2D eigenvalue weighted by molar-refractivity contribution is 7.99. The van der Waals surface area contributed by atoms with Gasteiger partial charge >= 0.3 is 0 Å². The van der Waals surface area contributed by atoms with Crippen molar-refractivity contribution in [1.82, 2.24) is 10.2 Å². The Morgan fingerprint density at radius 3 is 2.47 bits per heavy atom. The predicted molar refractivity (Wildman–Crippen MR) is 110 cm³/mol. The SMILES string of the molecule is COc1cc(-c2nnc(SCC(=O)Nc3ccccc3C#N)o2)cc(OC)c1OC. The number of rotatable bonds is 8. The average molecular weight is 426 g/mol. The summed E-state index contributed by atoms with van der Waals surface area (Å²) in [4.78, 5) is 12.2. The zero-order valence-electron chi connectivity index (χ0n) is 16.5.